The molecule has 2 unspecified atom stereocenters. The van der Waals surface area contributed by atoms with E-state index < -0.39 is 0 Å². The molecule has 0 radical (unpaired) electrons. The van der Waals surface area contributed by atoms with Crippen molar-refractivity contribution in [2.24, 2.45) is 0 Å². The van der Waals surface area contributed by atoms with Crippen molar-refractivity contribution < 1.29 is 19.1 Å². The Balaban J connectivity index is 2.67. The van der Waals surface area contributed by atoms with E-state index >= 15 is 0 Å². The molecule has 0 bridgehead atoms. The van der Waals surface area contributed by atoms with Gasteiger partial charge in [-0.15, -0.1) is 0 Å². The number of rotatable bonds is 5. The van der Waals surface area contributed by atoms with Crippen molar-refractivity contribution in [1.29, 1.82) is 0 Å². The standard InChI is InChI=1S/C14H21NO4/c1-11(16)7-8-14(17)15-9-5-4-6-12(18-2)13(10-15)19-3/h12-13H,5,7-10H2,1-3H3. The van der Waals surface area contributed by atoms with Crippen LogP contribution in [0.3, 0.4) is 0 Å². The molecule has 5 heteroatoms. The van der Waals surface area contributed by atoms with Crippen LogP contribution in [-0.2, 0) is 19.1 Å². The number of hydrogen-bond donors (Lipinski definition) is 0. The van der Waals surface area contributed by atoms with Crippen LogP contribution in [0.1, 0.15) is 26.2 Å². The zero-order chi connectivity index (χ0) is 14.3. The van der Waals surface area contributed by atoms with E-state index in [9.17, 15) is 9.59 Å². The summed E-state index contributed by atoms with van der Waals surface area (Å²) in [4.78, 5) is 24.7. The van der Waals surface area contributed by atoms with Crippen molar-refractivity contribution in [2.75, 3.05) is 27.3 Å². The lowest BCUT2D eigenvalue weighted by atomic mass is 10.1. The number of carbonyl (C=O) groups is 2. The molecular formula is C14H21NO4. The van der Waals surface area contributed by atoms with Crippen LogP contribution in [0.5, 0.6) is 0 Å². The molecule has 0 aromatic rings. The normalized spacial score (nSPS) is 23.0. The summed E-state index contributed by atoms with van der Waals surface area (Å²) < 4.78 is 10.6. The summed E-state index contributed by atoms with van der Waals surface area (Å²) in [7, 11) is 3.16. The highest BCUT2D eigenvalue weighted by atomic mass is 16.5. The number of hydrogen-bond acceptors (Lipinski definition) is 4. The molecule has 106 valence electrons. The van der Waals surface area contributed by atoms with E-state index in [1.165, 1.54) is 6.92 Å². The first-order valence-corrected chi connectivity index (χ1v) is 6.39. The summed E-state index contributed by atoms with van der Waals surface area (Å²) in [6.45, 7) is 2.51. The molecule has 0 aromatic carbocycles. The van der Waals surface area contributed by atoms with Gasteiger partial charge < -0.3 is 19.2 Å². The van der Waals surface area contributed by atoms with Gasteiger partial charge in [0.15, 0.2) is 0 Å². The van der Waals surface area contributed by atoms with Gasteiger partial charge in [0.25, 0.3) is 0 Å². The highest BCUT2D eigenvalue weighted by Crippen LogP contribution is 2.10. The lowest BCUT2D eigenvalue weighted by Gasteiger charge is -2.30. The van der Waals surface area contributed by atoms with Crippen LogP contribution in [0.4, 0.5) is 0 Å². The van der Waals surface area contributed by atoms with Gasteiger partial charge in [-0.1, -0.05) is 11.8 Å². The van der Waals surface area contributed by atoms with Gasteiger partial charge in [-0.25, -0.2) is 0 Å². The first-order chi connectivity index (χ1) is 9.08. The molecular weight excluding hydrogens is 246 g/mol. The molecule has 19 heavy (non-hydrogen) atoms. The minimum absolute atomic E-state index is 0.0262. The number of methoxy groups -OCH3 is 2. The second-order valence-electron chi connectivity index (χ2n) is 4.54. The van der Waals surface area contributed by atoms with Crippen LogP contribution in [0.15, 0.2) is 0 Å². The Morgan fingerprint density at radius 1 is 1.26 bits per heavy atom. The first kappa shape index (κ1) is 15.7. The maximum absolute atomic E-state index is 12.1. The smallest absolute Gasteiger partial charge is 0.223 e. The lowest BCUT2D eigenvalue weighted by molar-refractivity contribution is -0.135. The average molecular weight is 267 g/mol. The van der Waals surface area contributed by atoms with Crippen LogP contribution >= 0.6 is 0 Å². The Hall–Kier alpha value is -1.38. The van der Waals surface area contributed by atoms with Crippen molar-refractivity contribution in [3.8, 4) is 11.8 Å². The molecule has 1 rings (SSSR count). The fraction of sp³-hybridized carbons (Fsp3) is 0.714. The average Bonchev–Trinajstić information content (AvgIpc) is 2.36. The number of Topliss-reactive ketones (excluding diaryl/α,β-unsaturated/α-hetero) is 1. The van der Waals surface area contributed by atoms with E-state index in [-0.39, 0.29) is 36.7 Å². The third-order valence-electron chi connectivity index (χ3n) is 3.09. The SMILES string of the molecule is COC1C#CCCN(C(=O)CCC(C)=O)CC1OC. The van der Waals surface area contributed by atoms with Gasteiger partial charge in [0.05, 0.1) is 6.54 Å². The maximum Gasteiger partial charge on any atom is 0.223 e. The van der Waals surface area contributed by atoms with Crippen molar-refractivity contribution in [3.05, 3.63) is 0 Å². The summed E-state index contributed by atoms with van der Waals surface area (Å²) in [6.07, 6.45) is 0.554. The molecule has 0 saturated carbocycles. The minimum Gasteiger partial charge on any atom is -0.376 e. The maximum atomic E-state index is 12.1. The number of ether oxygens (including phenoxy) is 2. The molecule has 1 amide bonds. The van der Waals surface area contributed by atoms with Crippen molar-refractivity contribution in [2.45, 2.75) is 38.4 Å². The Morgan fingerprint density at radius 3 is 2.58 bits per heavy atom. The van der Waals surface area contributed by atoms with Crippen LogP contribution in [-0.4, -0.2) is 56.1 Å². The van der Waals surface area contributed by atoms with Gasteiger partial charge in [0.2, 0.25) is 5.91 Å². The van der Waals surface area contributed by atoms with E-state index in [1.807, 2.05) is 0 Å². The minimum atomic E-state index is -0.326. The number of ketones is 1. The summed E-state index contributed by atoms with van der Waals surface area (Å²) >= 11 is 0. The van der Waals surface area contributed by atoms with Gasteiger partial charge in [0.1, 0.15) is 18.0 Å². The quantitative estimate of drug-likeness (QED) is 0.685. The fourth-order valence-corrected chi connectivity index (χ4v) is 1.94. The molecule has 5 nitrogen and oxygen atoms in total. The molecule has 2 atom stereocenters. The van der Waals surface area contributed by atoms with E-state index in [1.54, 1.807) is 19.1 Å². The topological polar surface area (TPSA) is 55.8 Å². The summed E-state index contributed by atoms with van der Waals surface area (Å²) in [6, 6.07) is 0. The van der Waals surface area contributed by atoms with E-state index in [0.717, 1.165) is 0 Å². The molecule has 0 N–H and O–H groups in total. The number of amides is 1. The summed E-state index contributed by atoms with van der Waals surface area (Å²) in [5.74, 6) is 5.97. The van der Waals surface area contributed by atoms with Gasteiger partial charge >= 0.3 is 0 Å². The van der Waals surface area contributed by atoms with Crippen molar-refractivity contribution in [1.82, 2.24) is 4.90 Å². The number of carbonyl (C=O) groups excluding carboxylic acids is 2. The Labute approximate surface area is 114 Å². The van der Waals surface area contributed by atoms with E-state index in [4.69, 9.17) is 9.47 Å². The molecule has 0 spiro atoms. The third kappa shape index (κ3) is 5.01. The van der Waals surface area contributed by atoms with Crippen molar-refractivity contribution >= 4 is 11.7 Å². The zero-order valence-electron chi connectivity index (χ0n) is 11.8. The molecule has 1 aliphatic rings. The van der Waals surface area contributed by atoms with E-state index in [2.05, 4.69) is 11.8 Å². The molecule has 0 saturated heterocycles. The van der Waals surface area contributed by atoms with Gasteiger partial charge in [0, 0.05) is 40.0 Å². The van der Waals surface area contributed by atoms with E-state index in [0.29, 0.717) is 19.5 Å². The van der Waals surface area contributed by atoms with Crippen LogP contribution < -0.4 is 0 Å². The fourth-order valence-electron chi connectivity index (χ4n) is 1.94. The van der Waals surface area contributed by atoms with Gasteiger partial charge in [-0.05, 0) is 6.92 Å². The highest BCUT2D eigenvalue weighted by molar-refractivity contribution is 5.83. The second kappa shape index (κ2) is 7.93. The monoisotopic (exact) mass is 267 g/mol. The molecule has 1 aliphatic heterocycles. The molecule has 1 heterocycles. The summed E-state index contributed by atoms with van der Waals surface area (Å²) in [5, 5.41) is 0. The zero-order valence-corrected chi connectivity index (χ0v) is 11.8. The van der Waals surface area contributed by atoms with Gasteiger partial charge in [-0.3, -0.25) is 4.79 Å². The number of nitrogens with zero attached hydrogens (tertiary/aromatic N) is 1. The van der Waals surface area contributed by atoms with Gasteiger partial charge in [-0.2, -0.15) is 0 Å². The lowest BCUT2D eigenvalue weighted by Crippen LogP contribution is -2.44. The molecule has 0 aromatic heterocycles. The summed E-state index contributed by atoms with van der Waals surface area (Å²) in [5.41, 5.74) is 0. The Kier molecular flexibility index (Phi) is 6.54. The molecule has 0 aliphatic carbocycles. The van der Waals surface area contributed by atoms with Crippen molar-refractivity contribution in [3.63, 3.8) is 0 Å². The van der Waals surface area contributed by atoms with Crippen LogP contribution in [0.2, 0.25) is 0 Å². The predicted molar refractivity (Wildman–Crippen MR) is 70.5 cm³/mol. The predicted octanol–water partition coefficient (Wildman–Crippen LogP) is 0.621. The second-order valence-corrected chi connectivity index (χ2v) is 4.54. The third-order valence-corrected chi connectivity index (χ3v) is 3.09. The Bertz CT molecular complexity index is 383. The molecule has 0 fully saturated rings. The first-order valence-electron chi connectivity index (χ1n) is 6.39. The van der Waals surface area contributed by atoms with Crippen LogP contribution in [0.25, 0.3) is 0 Å². The Morgan fingerprint density at radius 2 is 2.00 bits per heavy atom. The largest absolute Gasteiger partial charge is 0.376 e. The highest BCUT2D eigenvalue weighted by Gasteiger charge is 2.25. The van der Waals surface area contributed by atoms with Crippen LogP contribution in [0, 0.1) is 11.8 Å².